The van der Waals surface area contributed by atoms with Crippen LogP contribution in [-0.4, -0.2) is 30.3 Å². The summed E-state index contributed by atoms with van der Waals surface area (Å²) in [5.41, 5.74) is 1.91. The highest BCUT2D eigenvalue weighted by Gasteiger charge is 2.39. The quantitative estimate of drug-likeness (QED) is 0.204. The molecule has 1 unspecified atom stereocenters. The third kappa shape index (κ3) is 7.38. The monoisotopic (exact) mass is 463 g/mol. The Hall–Kier alpha value is -1.80. The van der Waals surface area contributed by atoms with E-state index in [9.17, 15) is 10.1 Å². The van der Waals surface area contributed by atoms with E-state index in [1.807, 2.05) is 18.2 Å². The molecule has 31 heavy (non-hydrogen) atoms. The number of non-ortho nitro benzene ring substituents is 1. The van der Waals surface area contributed by atoms with Crippen LogP contribution in [0.1, 0.15) is 51.8 Å². The number of nitrogens with zero attached hydrogens (tertiary/aromatic N) is 2. The molecule has 1 heterocycles. The number of hydrogen-bond donors (Lipinski definition) is 1. The lowest BCUT2D eigenvalue weighted by Gasteiger charge is -2.40. The van der Waals surface area contributed by atoms with Crippen LogP contribution in [-0.2, 0) is 10.8 Å². The van der Waals surface area contributed by atoms with E-state index in [4.69, 9.17) is 16.0 Å². The summed E-state index contributed by atoms with van der Waals surface area (Å²) in [5, 5.41) is 15.1. The molecule has 1 N–H and O–H groups in total. The Morgan fingerprint density at radius 1 is 1.13 bits per heavy atom. The lowest BCUT2D eigenvalue weighted by molar-refractivity contribution is -0.384. The first-order valence-electron chi connectivity index (χ1n) is 10.5. The van der Waals surface area contributed by atoms with Gasteiger partial charge in [0.15, 0.2) is 8.32 Å². The number of pyridine rings is 1. The van der Waals surface area contributed by atoms with E-state index in [0.29, 0.717) is 11.7 Å². The summed E-state index contributed by atoms with van der Waals surface area (Å²) in [6, 6.07) is 10.5. The highest BCUT2D eigenvalue weighted by atomic mass is 35.5. The van der Waals surface area contributed by atoms with Crippen LogP contribution >= 0.6 is 11.6 Å². The smallest absolute Gasteiger partial charge is 0.269 e. The summed E-state index contributed by atoms with van der Waals surface area (Å²) in [4.78, 5) is 14.8. The maximum atomic E-state index is 10.9. The Kier molecular flexibility index (Phi) is 8.03. The maximum Gasteiger partial charge on any atom is 0.269 e. The Balaban J connectivity index is 2.15. The molecule has 0 spiro atoms. The topological polar surface area (TPSA) is 77.3 Å². The van der Waals surface area contributed by atoms with Gasteiger partial charge in [-0.15, -0.1) is 0 Å². The first-order valence-corrected chi connectivity index (χ1v) is 13.8. The summed E-state index contributed by atoms with van der Waals surface area (Å²) in [6.45, 7) is 16.0. The molecule has 0 aliphatic rings. The van der Waals surface area contributed by atoms with Crippen molar-refractivity contribution >= 4 is 25.6 Å². The normalized spacial score (nSPS) is 13.8. The van der Waals surface area contributed by atoms with Crippen LogP contribution in [0.25, 0.3) is 0 Å². The molecule has 0 radical (unpaired) electrons. The van der Waals surface area contributed by atoms with Crippen molar-refractivity contribution in [1.29, 1.82) is 0 Å². The van der Waals surface area contributed by atoms with Crippen LogP contribution in [0.5, 0.6) is 0 Å². The van der Waals surface area contributed by atoms with Gasteiger partial charge >= 0.3 is 0 Å². The average molecular weight is 464 g/mol. The van der Waals surface area contributed by atoms with Crippen molar-refractivity contribution in [2.24, 2.45) is 0 Å². The summed E-state index contributed by atoms with van der Waals surface area (Å²) < 4.78 is 6.73. The zero-order valence-corrected chi connectivity index (χ0v) is 21.3. The molecule has 0 aliphatic carbocycles. The number of benzene rings is 1. The molecule has 2 aromatic rings. The van der Waals surface area contributed by atoms with Gasteiger partial charge < -0.3 is 9.74 Å². The summed E-state index contributed by atoms with van der Waals surface area (Å²) in [7, 11) is -2.02. The molecule has 0 aliphatic heterocycles. The van der Waals surface area contributed by atoms with Gasteiger partial charge in [0.05, 0.1) is 11.0 Å². The largest absolute Gasteiger partial charge is 0.409 e. The molecule has 0 saturated carbocycles. The van der Waals surface area contributed by atoms with Gasteiger partial charge in [-0.05, 0) is 55.6 Å². The van der Waals surface area contributed by atoms with Gasteiger partial charge in [-0.3, -0.25) is 10.1 Å². The Labute approximate surface area is 191 Å². The molecule has 8 heteroatoms. The van der Waals surface area contributed by atoms with Gasteiger partial charge in [-0.2, -0.15) is 0 Å². The summed E-state index contributed by atoms with van der Waals surface area (Å²) in [6.07, 6.45) is 2.36. The van der Waals surface area contributed by atoms with Gasteiger partial charge in [0.1, 0.15) is 5.15 Å². The van der Waals surface area contributed by atoms with E-state index in [1.54, 1.807) is 24.4 Å². The summed E-state index contributed by atoms with van der Waals surface area (Å²) in [5.74, 6) is 0. The molecule has 0 bridgehead atoms. The van der Waals surface area contributed by atoms with Crippen molar-refractivity contribution in [1.82, 2.24) is 10.3 Å². The van der Waals surface area contributed by atoms with Crippen LogP contribution < -0.4 is 5.32 Å². The first-order chi connectivity index (χ1) is 14.2. The molecule has 2 rings (SSSR count). The molecule has 0 amide bonds. The van der Waals surface area contributed by atoms with E-state index in [-0.39, 0.29) is 27.3 Å². The number of nitrogens with one attached hydrogen (secondary N) is 1. The SMILES string of the molecule is CC(C)(Cc1ccc([N+](=O)[O-])cc1)NCC(O[Si](C)(C)C(C)(C)C)c1ccc(Cl)nc1. The number of rotatable bonds is 9. The van der Waals surface area contributed by atoms with E-state index in [0.717, 1.165) is 17.5 Å². The molecule has 0 saturated heterocycles. The molecule has 6 nitrogen and oxygen atoms in total. The predicted molar refractivity (Wildman–Crippen MR) is 129 cm³/mol. The highest BCUT2D eigenvalue weighted by molar-refractivity contribution is 6.74. The van der Waals surface area contributed by atoms with Crippen molar-refractivity contribution in [2.75, 3.05) is 6.54 Å². The minimum atomic E-state index is -2.02. The maximum absolute atomic E-state index is 10.9. The van der Waals surface area contributed by atoms with Gasteiger partial charge in [0.2, 0.25) is 0 Å². The van der Waals surface area contributed by atoms with Crippen molar-refractivity contribution in [3.8, 4) is 0 Å². The second-order valence-corrected chi connectivity index (χ2v) is 15.3. The van der Waals surface area contributed by atoms with Crippen LogP contribution in [0.4, 0.5) is 5.69 Å². The molecule has 1 aromatic heterocycles. The van der Waals surface area contributed by atoms with E-state index in [1.165, 1.54) is 0 Å². The van der Waals surface area contributed by atoms with Crippen LogP contribution in [0.2, 0.25) is 23.3 Å². The van der Waals surface area contributed by atoms with Gasteiger partial charge in [-0.1, -0.05) is 50.6 Å². The fourth-order valence-corrected chi connectivity index (χ4v) is 4.41. The molecular formula is C23H34ClN3O3Si. The zero-order valence-electron chi connectivity index (χ0n) is 19.5. The standard InChI is InChI=1S/C23H34ClN3O3Si/c1-22(2,3)31(6,7)30-20(18-10-13-21(24)25-15-18)16-26-23(4,5)14-17-8-11-19(12-9-17)27(28)29/h8-13,15,20,26H,14,16H2,1-7H3. The Morgan fingerprint density at radius 3 is 2.23 bits per heavy atom. The fourth-order valence-electron chi connectivity index (χ4n) is 3.02. The number of aromatic nitrogens is 1. The van der Waals surface area contributed by atoms with E-state index in [2.05, 4.69) is 58.0 Å². The van der Waals surface area contributed by atoms with Crippen molar-refractivity contribution in [3.63, 3.8) is 0 Å². The van der Waals surface area contributed by atoms with Crippen LogP contribution in [0, 0.1) is 10.1 Å². The lowest BCUT2D eigenvalue weighted by Crippen LogP contribution is -2.47. The first kappa shape index (κ1) is 25.5. The van der Waals surface area contributed by atoms with Crippen molar-refractivity contribution in [2.45, 2.75) is 70.8 Å². The zero-order chi connectivity index (χ0) is 23.4. The lowest BCUT2D eigenvalue weighted by atomic mass is 9.94. The molecule has 170 valence electrons. The summed E-state index contributed by atoms with van der Waals surface area (Å²) >= 11 is 5.99. The molecule has 0 fully saturated rings. The highest BCUT2D eigenvalue weighted by Crippen LogP contribution is 2.39. The Morgan fingerprint density at radius 2 is 1.74 bits per heavy atom. The molecular weight excluding hydrogens is 430 g/mol. The van der Waals surface area contributed by atoms with E-state index >= 15 is 0 Å². The van der Waals surface area contributed by atoms with E-state index < -0.39 is 8.32 Å². The molecule has 1 aromatic carbocycles. The minimum absolute atomic E-state index is 0.0827. The Bertz CT molecular complexity index is 878. The number of hydrogen-bond acceptors (Lipinski definition) is 5. The third-order valence-electron chi connectivity index (χ3n) is 5.92. The predicted octanol–water partition coefficient (Wildman–Crippen LogP) is 6.32. The van der Waals surface area contributed by atoms with Crippen molar-refractivity contribution < 1.29 is 9.35 Å². The van der Waals surface area contributed by atoms with Crippen LogP contribution in [0.15, 0.2) is 42.6 Å². The molecule has 1 atom stereocenters. The fraction of sp³-hybridized carbons (Fsp3) is 0.522. The van der Waals surface area contributed by atoms with Crippen molar-refractivity contribution in [3.05, 3.63) is 69.0 Å². The number of nitro groups is 1. The number of nitro benzene ring substituents is 1. The second kappa shape index (κ2) is 9.77. The van der Waals surface area contributed by atoms with Crippen LogP contribution in [0.3, 0.4) is 0 Å². The minimum Gasteiger partial charge on any atom is -0.409 e. The third-order valence-corrected chi connectivity index (χ3v) is 10.6. The van der Waals surface area contributed by atoms with Gasteiger partial charge in [0, 0.05) is 30.4 Å². The van der Waals surface area contributed by atoms with Gasteiger partial charge in [-0.25, -0.2) is 4.98 Å². The average Bonchev–Trinajstić information content (AvgIpc) is 2.65. The van der Waals surface area contributed by atoms with Gasteiger partial charge in [0.25, 0.3) is 5.69 Å². The second-order valence-electron chi connectivity index (χ2n) is 10.1. The number of halogens is 1.